The van der Waals surface area contributed by atoms with Crippen molar-refractivity contribution in [2.75, 3.05) is 27.3 Å². The van der Waals surface area contributed by atoms with Gasteiger partial charge < -0.3 is 14.4 Å². The molecule has 0 unspecified atom stereocenters. The van der Waals surface area contributed by atoms with Crippen LogP contribution in [-0.2, 0) is 0 Å². The molecule has 2 aromatic heterocycles. The first kappa shape index (κ1) is 18.7. The number of rotatable bonds is 4. The molecular weight excluding hydrogens is 424 g/mol. The molecule has 146 valence electrons. The largest absolute Gasteiger partial charge is 0.495 e. The normalized spacial score (nSPS) is 17.0. The van der Waals surface area contributed by atoms with Crippen LogP contribution in [0.3, 0.4) is 0 Å². The highest BCUT2D eigenvalue weighted by Gasteiger charge is 2.29. The number of fused-ring (bicyclic) bond motifs is 1. The lowest BCUT2D eigenvalue weighted by atomic mass is 9.96. The summed E-state index contributed by atoms with van der Waals surface area (Å²) in [6.45, 7) is 1.32. The van der Waals surface area contributed by atoms with Crippen molar-refractivity contribution < 1.29 is 14.3 Å². The number of methoxy groups -OCH3 is 2. The van der Waals surface area contributed by atoms with Crippen molar-refractivity contribution in [3.05, 3.63) is 52.4 Å². The lowest BCUT2D eigenvalue weighted by Crippen LogP contribution is -2.39. The number of carbonyl (C=O) groups excluding carboxylic acids is 1. The Balaban J connectivity index is 1.60. The summed E-state index contributed by atoms with van der Waals surface area (Å²) in [6.07, 6.45) is 3.87. The van der Waals surface area contributed by atoms with Crippen molar-refractivity contribution in [3.8, 4) is 11.5 Å². The Bertz CT molecular complexity index is 995. The third-order valence-corrected chi connectivity index (χ3v) is 5.89. The molecule has 3 heterocycles. The van der Waals surface area contributed by atoms with E-state index in [4.69, 9.17) is 9.47 Å². The van der Waals surface area contributed by atoms with Gasteiger partial charge in [-0.25, -0.2) is 0 Å². The summed E-state index contributed by atoms with van der Waals surface area (Å²) in [6, 6.07) is 9.32. The Morgan fingerprint density at radius 3 is 2.64 bits per heavy atom. The maximum absolute atomic E-state index is 13.2. The molecule has 8 heteroatoms. The Morgan fingerprint density at radius 2 is 1.93 bits per heavy atom. The fraction of sp³-hybridized carbons (Fsp3) is 0.350. The van der Waals surface area contributed by atoms with E-state index in [1.807, 2.05) is 33.7 Å². The van der Waals surface area contributed by atoms with Gasteiger partial charge in [-0.2, -0.15) is 0 Å². The Morgan fingerprint density at radius 1 is 1.18 bits per heavy atom. The van der Waals surface area contributed by atoms with Crippen molar-refractivity contribution in [2.24, 2.45) is 0 Å². The molecule has 28 heavy (non-hydrogen) atoms. The molecule has 1 aromatic carbocycles. The molecule has 7 nitrogen and oxygen atoms in total. The number of pyridine rings is 1. The molecule has 1 saturated heterocycles. The lowest BCUT2D eigenvalue weighted by Gasteiger charge is -2.32. The minimum absolute atomic E-state index is 0.0392. The van der Waals surface area contributed by atoms with Crippen LogP contribution in [0.1, 0.15) is 34.9 Å². The van der Waals surface area contributed by atoms with Crippen molar-refractivity contribution in [2.45, 2.75) is 18.8 Å². The molecule has 1 aliphatic heterocycles. The zero-order valence-electron chi connectivity index (χ0n) is 15.8. The highest BCUT2D eigenvalue weighted by atomic mass is 79.9. The molecule has 0 spiro atoms. The third kappa shape index (κ3) is 3.32. The number of piperidine rings is 1. The number of hydrogen-bond acceptors (Lipinski definition) is 5. The van der Waals surface area contributed by atoms with Crippen LogP contribution in [0, 0.1) is 0 Å². The average Bonchev–Trinajstić information content (AvgIpc) is 3.17. The molecule has 1 fully saturated rings. The summed E-state index contributed by atoms with van der Waals surface area (Å²) in [5.41, 5.74) is 1.37. The van der Waals surface area contributed by atoms with Gasteiger partial charge >= 0.3 is 0 Å². The zero-order valence-corrected chi connectivity index (χ0v) is 17.3. The van der Waals surface area contributed by atoms with Gasteiger partial charge in [0, 0.05) is 30.8 Å². The zero-order chi connectivity index (χ0) is 19.7. The number of benzene rings is 1. The second kappa shape index (κ2) is 7.79. The minimum Gasteiger partial charge on any atom is -0.495 e. The molecule has 1 aliphatic rings. The van der Waals surface area contributed by atoms with Crippen LogP contribution in [0.5, 0.6) is 11.5 Å². The van der Waals surface area contributed by atoms with Crippen LogP contribution in [0.15, 0.2) is 41.0 Å². The van der Waals surface area contributed by atoms with Crippen LogP contribution in [-0.4, -0.2) is 52.7 Å². The number of amides is 1. The van der Waals surface area contributed by atoms with Gasteiger partial charge in [-0.3, -0.25) is 9.20 Å². The fourth-order valence-electron chi connectivity index (χ4n) is 3.69. The molecule has 1 amide bonds. The van der Waals surface area contributed by atoms with Crippen LogP contribution in [0.2, 0.25) is 0 Å². The third-order valence-electron chi connectivity index (χ3n) is 5.11. The molecule has 0 bridgehead atoms. The van der Waals surface area contributed by atoms with Gasteiger partial charge in [0.05, 0.1) is 14.2 Å². The van der Waals surface area contributed by atoms with Gasteiger partial charge in [-0.1, -0.05) is 6.07 Å². The summed E-state index contributed by atoms with van der Waals surface area (Å²) in [7, 11) is 3.14. The van der Waals surface area contributed by atoms with E-state index in [1.165, 1.54) is 0 Å². The summed E-state index contributed by atoms with van der Waals surface area (Å²) >= 11 is 3.45. The van der Waals surface area contributed by atoms with Gasteiger partial charge in [-0.15, -0.1) is 10.2 Å². The van der Waals surface area contributed by atoms with Gasteiger partial charge in [0.25, 0.3) is 5.91 Å². The number of carbonyl (C=O) groups is 1. The smallest absolute Gasteiger partial charge is 0.254 e. The van der Waals surface area contributed by atoms with E-state index in [-0.39, 0.29) is 11.8 Å². The monoisotopic (exact) mass is 444 g/mol. The first-order valence-electron chi connectivity index (χ1n) is 9.13. The number of aromatic nitrogens is 3. The molecule has 0 saturated carbocycles. The maximum Gasteiger partial charge on any atom is 0.254 e. The van der Waals surface area contributed by atoms with E-state index in [0.717, 1.165) is 24.3 Å². The quantitative estimate of drug-likeness (QED) is 0.615. The molecule has 0 N–H and O–H groups in total. The van der Waals surface area contributed by atoms with Gasteiger partial charge in [0.15, 0.2) is 5.65 Å². The molecule has 1 atom stereocenters. The van der Waals surface area contributed by atoms with E-state index < -0.39 is 0 Å². The fourth-order valence-corrected chi connectivity index (χ4v) is 4.24. The molecule has 0 radical (unpaired) electrons. The summed E-state index contributed by atoms with van der Waals surface area (Å²) in [4.78, 5) is 15.1. The van der Waals surface area contributed by atoms with Crippen LogP contribution >= 0.6 is 15.9 Å². The number of nitrogens with zero attached hydrogens (tertiary/aromatic N) is 4. The topological polar surface area (TPSA) is 69.0 Å². The number of halogens is 1. The molecule has 4 rings (SSSR count). The van der Waals surface area contributed by atoms with Crippen LogP contribution in [0.25, 0.3) is 5.65 Å². The Kier molecular flexibility index (Phi) is 5.21. The minimum atomic E-state index is -0.0392. The summed E-state index contributed by atoms with van der Waals surface area (Å²) in [5, 5.41) is 8.63. The van der Waals surface area contributed by atoms with Crippen LogP contribution in [0.4, 0.5) is 0 Å². The average molecular weight is 445 g/mol. The highest BCUT2D eigenvalue weighted by Crippen LogP contribution is 2.36. The Labute approximate surface area is 171 Å². The SMILES string of the molecule is COc1cc(C(=O)N2CCC[C@H](c3nnc4ccccn34)C2)cc(OC)c1Br. The van der Waals surface area contributed by atoms with Crippen molar-refractivity contribution in [1.82, 2.24) is 19.5 Å². The molecule has 0 aliphatic carbocycles. The second-order valence-electron chi connectivity index (χ2n) is 6.77. The first-order chi connectivity index (χ1) is 13.6. The number of hydrogen-bond donors (Lipinski definition) is 0. The highest BCUT2D eigenvalue weighted by molar-refractivity contribution is 9.10. The van der Waals surface area contributed by atoms with Crippen molar-refractivity contribution >= 4 is 27.5 Å². The van der Waals surface area contributed by atoms with E-state index in [9.17, 15) is 4.79 Å². The van der Waals surface area contributed by atoms with Gasteiger partial charge in [0.2, 0.25) is 0 Å². The van der Waals surface area contributed by atoms with Crippen molar-refractivity contribution in [1.29, 1.82) is 0 Å². The van der Waals surface area contributed by atoms with E-state index in [0.29, 0.717) is 34.6 Å². The Hall–Kier alpha value is -2.61. The predicted molar refractivity (Wildman–Crippen MR) is 108 cm³/mol. The number of ether oxygens (including phenoxy) is 2. The van der Waals surface area contributed by atoms with Gasteiger partial charge in [0.1, 0.15) is 21.8 Å². The van der Waals surface area contributed by atoms with E-state index in [2.05, 4.69) is 26.1 Å². The van der Waals surface area contributed by atoms with Crippen LogP contribution < -0.4 is 9.47 Å². The predicted octanol–water partition coefficient (Wildman–Crippen LogP) is 3.53. The summed E-state index contributed by atoms with van der Waals surface area (Å²) in [5.74, 6) is 2.15. The standard InChI is InChI=1S/C20H21BrN4O3/c1-27-15-10-14(11-16(28-2)18(15)21)20(26)24-8-5-6-13(12-24)19-23-22-17-7-3-4-9-25(17)19/h3-4,7,9-11,13H,5-6,8,12H2,1-2H3/t13-/m0/s1. The summed E-state index contributed by atoms with van der Waals surface area (Å²) < 4.78 is 13.4. The first-order valence-corrected chi connectivity index (χ1v) is 9.92. The second-order valence-corrected chi connectivity index (χ2v) is 7.57. The lowest BCUT2D eigenvalue weighted by molar-refractivity contribution is 0.0703. The van der Waals surface area contributed by atoms with Gasteiger partial charge in [-0.05, 0) is 53.0 Å². The maximum atomic E-state index is 13.2. The molecular formula is C20H21BrN4O3. The van der Waals surface area contributed by atoms with Crippen molar-refractivity contribution in [3.63, 3.8) is 0 Å². The molecule has 3 aromatic rings. The number of likely N-dealkylation sites (tertiary alicyclic amines) is 1. The van der Waals surface area contributed by atoms with E-state index >= 15 is 0 Å². The van der Waals surface area contributed by atoms with E-state index in [1.54, 1.807) is 26.4 Å².